The summed E-state index contributed by atoms with van der Waals surface area (Å²) in [7, 11) is 0. The molecule has 0 fully saturated rings. The van der Waals surface area contributed by atoms with Crippen LogP contribution in [0.3, 0.4) is 0 Å². The average Bonchev–Trinajstić information content (AvgIpc) is 2.72. The molecular weight excluding hydrogens is 228 g/mol. The van der Waals surface area contributed by atoms with Crippen molar-refractivity contribution in [1.82, 2.24) is 10.2 Å². The molecule has 0 radical (unpaired) electrons. The molecule has 0 saturated carbocycles. The second-order valence-electron chi connectivity index (χ2n) is 4.75. The predicted molar refractivity (Wildman–Crippen MR) is 66.8 cm³/mol. The monoisotopic (exact) mass is 242 g/mol. The minimum absolute atomic E-state index is 0.0334. The number of aryl methyl sites for hydroxylation is 1. The fraction of sp³-hybridized carbons (Fsp3) is 0.286. The van der Waals surface area contributed by atoms with Crippen LogP contribution in [0.2, 0.25) is 0 Å². The highest BCUT2D eigenvalue weighted by atomic mass is 16.3. The van der Waals surface area contributed by atoms with Gasteiger partial charge in [0.15, 0.2) is 5.78 Å². The zero-order valence-corrected chi connectivity index (χ0v) is 10.1. The van der Waals surface area contributed by atoms with Crippen LogP contribution < -0.4 is 0 Å². The Morgan fingerprint density at radius 1 is 1.33 bits per heavy atom. The van der Waals surface area contributed by atoms with Crippen molar-refractivity contribution in [2.45, 2.75) is 25.7 Å². The molecule has 1 unspecified atom stereocenters. The molecular formula is C14H14N2O2. The van der Waals surface area contributed by atoms with Crippen molar-refractivity contribution in [1.29, 1.82) is 0 Å². The highest BCUT2D eigenvalue weighted by Gasteiger charge is 2.30. The Labute approximate surface area is 105 Å². The molecule has 1 aliphatic carbocycles. The van der Waals surface area contributed by atoms with Gasteiger partial charge in [-0.2, -0.15) is 5.10 Å². The number of H-pyrrole nitrogens is 1. The van der Waals surface area contributed by atoms with Gasteiger partial charge in [-0.3, -0.25) is 9.89 Å². The fourth-order valence-electron chi connectivity index (χ4n) is 2.70. The van der Waals surface area contributed by atoms with Gasteiger partial charge in [0.1, 0.15) is 5.75 Å². The van der Waals surface area contributed by atoms with Crippen LogP contribution in [-0.2, 0) is 6.42 Å². The van der Waals surface area contributed by atoms with Crippen molar-refractivity contribution < 1.29 is 9.90 Å². The number of aromatic nitrogens is 2. The number of para-hydroxylation sites is 1. The second kappa shape index (κ2) is 3.98. The summed E-state index contributed by atoms with van der Waals surface area (Å²) in [5.41, 5.74) is 3.23. The summed E-state index contributed by atoms with van der Waals surface area (Å²) >= 11 is 0. The minimum Gasteiger partial charge on any atom is -0.508 e. The summed E-state index contributed by atoms with van der Waals surface area (Å²) in [5.74, 6) is 0.400. The highest BCUT2D eigenvalue weighted by Crippen LogP contribution is 2.36. The number of rotatable bonds is 1. The van der Waals surface area contributed by atoms with Gasteiger partial charge in [-0.1, -0.05) is 18.2 Å². The van der Waals surface area contributed by atoms with Crippen molar-refractivity contribution in [3.05, 3.63) is 46.8 Å². The number of aromatic hydroxyl groups is 1. The Hall–Kier alpha value is -2.10. The maximum atomic E-state index is 12.1. The number of nitrogens with one attached hydrogen (secondary N) is 1. The van der Waals surface area contributed by atoms with E-state index in [1.807, 2.05) is 19.1 Å². The predicted octanol–water partition coefficient (Wildman–Crippen LogP) is 2.34. The van der Waals surface area contributed by atoms with Crippen LogP contribution in [-0.4, -0.2) is 21.1 Å². The van der Waals surface area contributed by atoms with E-state index in [0.717, 1.165) is 28.9 Å². The third kappa shape index (κ3) is 1.61. The Kier molecular flexibility index (Phi) is 2.44. The van der Waals surface area contributed by atoms with Gasteiger partial charge in [0.05, 0.1) is 11.3 Å². The van der Waals surface area contributed by atoms with E-state index in [1.54, 1.807) is 12.1 Å². The molecule has 18 heavy (non-hydrogen) atoms. The molecule has 4 nitrogen and oxygen atoms in total. The molecule has 1 aliphatic rings. The Morgan fingerprint density at radius 2 is 2.11 bits per heavy atom. The van der Waals surface area contributed by atoms with E-state index in [0.29, 0.717) is 6.42 Å². The van der Waals surface area contributed by atoms with Crippen LogP contribution in [0.1, 0.15) is 39.6 Å². The number of benzene rings is 1. The largest absolute Gasteiger partial charge is 0.508 e. The molecule has 0 saturated heterocycles. The van der Waals surface area contributed by atoms with Gasteiger partial charge < -0.3 is 5.11 Å². The lowest BCUT2D eigenvalue weighted by Gasteiger charge is -2.22. The maximum Gasteiger partial charge on any atom is 0.167 e. The first-order valence-corrected chi connectivity index (χ1v) is 6.01. The SMILES string of the molecule is Cc1n[nH]c2c1C(=O)CC(c1ccccc1O)C2. The van der Waals surface area contributed by atoms with Gasteiger partial charge >= 0.3 is 0 Å². The van der Waals surface area contributed by atoms with Crippen LogP contribution in [0.4, 0.5) is 0 Å². The Balaban J connectivity index is 2.00. The molecule has 2 aromatic rings. The first-order valence-electron chi connectivity index (χ1n) is 6.01. The topological polar surface area (TPSA) is 66.0 Å². The lowest BCUT2D eigenvalue weighted by molar-refractivity contribution is 0.0963. The van der Waals surface area contributed by atoms with Crippen molar-refractivity contribution in [2.24, 2.45) is 0 Å². The van der Waals surface area contributed by atoms with Gasteiger partial charge in [0.25, 0.3) is 0 Å². The quantitative estimate of drug-likeness (QED) is 0.806. The number of phenolic OH excluding ortho intramolecular Hbond substituents is 1. The molecule has 0 amide bonds. The van der Waals surface area contributed by atoms with E-state index in [4.69, 9.17) is 0 Å². The van der Waals surface area contributed by atoms with E-state index in [1.165, 1.54) is 0 Å². The lowest BCUT2D eigenvalue weighted by atomic mass is 9.81. The average molecular weight is 242 g/mol. The van der Waals surface area contributed by atoms with Crippen molar-refractivity contribution in [3.63, 3.8) is 0 Å². The molecule has 3 rings (SSSR count). The Bertz CT molecular complexity index is 616. The summed E-state index contributed by atoms with van der Waals surface area (Å²) in [4.78, 5) is 12.1. The molecule has 4 heteroatoms. The molecule has 1 aromatic heterocycles. The highest BCUT2D eigenvalue weighted by molar-refractivity contribution is 5.99. The third-order valence-electron chi connectivity index (χ3n) is 3.56. The van der Waals surface area contributed by atoms with E-state index in [-0.39, 0.29) is 17.5 Å². The maximum absolute atomic E-state index is 12.1. The molecule has 0 spiro atoms. The van der Waals surface area contributed by atoms with Gasteiger partial charge in [0.2, 0.25) is 0 Å². The standard InChI is InChI=1S/C14H14N2O2/c1-8-14-11(16-15-8)6-9(7-13(14)18)10-4-2-3-5-12(10)17/h2-5,9,17H,6-7H2,1H3,(H,15,16). The summed E-state index contributed by atoms with van der Waals surface area (Å²) < 4.78 is 0. The minimum atomic E-state index is 0.0334. The normalized spacial score (nSPS) is 18.7. The van der Waals surface area contributed by atoms with E-state index in [2.05, 4.69) is 10.2 Å². The Morgan fingerprint density at radius 3 is 2.89 bits per heavy atom. The first-order chi connectivity index (χ1) is 8.66. The number of Topliss-reactive ketones (excluding diaryl/α,β-unsaturated/α-hetero) is 1. The van der Waals surface area contributed by atoms with Gasteiger partial charge in [0, 0.05) is 18.0 Å². The number of hydrogen-bond donors (Lipinski definition) is 2. The molecule has 1 aromatic carbocycles. The van der Waals surface area contributed by atoms with Gasteiger partial charge in [-0.25, -0.2) is 0 Å². The van der Waals surface area contributed by atoms with Crippen LogP contribution in [0.25, 0.3) is 0 Å². The fourth-order valence-corrected chi connectivity index (χ4v) is 2.70. The van der Waals surface area contributed by atoms with Crippen LogP contribution in [0.15, 0.2) is 24.3 Å². The zero-order valence-electron chi connectivity index (χ0n) is 10.1. The second-order valence-corrected chi connectivity index (χ2v) is 4.75. The summed E-state index contributed by atoms with van der Waals surface area (Å²) in [6, 6.07) is 7.21. The van der Waals surface area contributed by atoms with E-state index >= 15 is 0 Å². The number of nitrogens with zero attached hydrogens (tertiary/aromatic N) is 1. The first kappa shape index (κ1) is 11.0. The van der Waals surface area contributed by atoms with E-state index in [9.17, 15) is 9.90 Å². The number of aromatic amines is 1. The molecule has 1 heterocycles. The van der Waals surface area contributed by atoms with Crippen LogP contribution in [0.5, 0.6) is 5.75 Å². The lowest BCUT2D eigenvalue weighted by Crippen LogP contribution is -2.18. The molecule has 2 N–H and O–H groups in total. The number of hydrogen-bond acceptors (Lipinski definition) is 3. The van der Waals surface area contributed by atoms with Crippen molar-refractivity contribution >= 4 is 5.78 Å². The number of carbonyl (C=O) groups is 1. The summed E-state index contributed by atoms with van der Waals surface area (Å²) in [6.07, 6.45) is 1.16. The number of fused-ring (bicyclic) bond motifs is 1. The van der Waals surface area contributed by atoms with Crippen molar-refractivity contribution in [2.75, 3.05) is 0 Å². The van der Waals surface area contributed by atoms with E-state index < -0.39 is 0 Å². The molecule has 0 bridgehead atoms. The van der Waals surface area contributed by atoms with Gasteiger partial charge in [-0.05, 0) is 25.0 Å². The molecule has 1 atom stereocenters. The summed E-state index contributed by atoms with van der Waals surface area (Å²) in [6.45, 7) is 1.84. The number of phenols is 1. The number of carbonyl (C=O) groups excluding carboxylic acids is 1. The zero-order chi connectivity index (χ0) is 12.7. The number of ketones is 1. The third-order valence-corrected chi connectivity index (χ3v) is 3.56. The molecule has 92 valence electrons. The van der Waals surface area contributed by atoms with Crippen molar-refractivity contribution in [3.8, 4) is 5.75 Å². The van der Waals surface area contributed by atoms with Crippen LogP contribution >= 0.6 is 0 Å². The van der Waals surface area contributed by atoms with Crippen LogP contribution in [0, 0.1) is 6.92 Å². The van der Waals surface area contributed by atoms with Gasteiger partial charge in [-0.15, -0.1) is 0 Å². The molecule has 0 aliphatic heterocycles. The summed E-state index contributed by atoms with van der Waals surface area (Å²) in [5, 5.41) is 16.9. The smallest absolute Gasteiger partial charge is 0.167 e.